The summed E-state index contributed by atoms with van der Waals surface area (Å²) in [5.74, 6) is -0.972. The van der Waals surface area contributed by atoms with Crippen molar-refractivity contribution in [1.29, 1.82) is 0 Å². The Bertz CT molecular complexity index is 1450. The number of carbonyl (C=O) groups is 2. The van der Waals surface area contributed by atoms with Crippen LogP contribution in [-0.2, 0) is 26.2 Å². The van der Waals surface area contributed by atoms with Gasteiger partial charge in [-0.3, -0.25) is 13.9 Å². The maximum Gasteiger partial charge on any atom is 0.264 e. The van der Waals surface area contributed by atoms with Crippen molar-refractivity contribution in [2.45, 2.75) is 57.6 Å². The third-order valence-electron chi connectivity index (χ3n) is 6.54. The molecule has 7 nitrogen and oxygen atoms in total. The molecule has 214 valence electrons. The van der Waals surface area contributed by atoms with Crippen LogP contribution in [0.25, 0.3) is 0 Å². The minimum Gasteiger partial charge on any atom is -0.352 e. The zero-order valence-corrected chi connectivity index (χ0v) is 26.6. The van der Waals surface area contributed by atoms with Crippen LogP contribution < -0.4 is 9.62 Å². The lowest BCUT2D eigenvalue weighted by molar-refractivity contribution is -0.139. The number of rotatable bonds is 11. The fourth-order valence-electron chi connectivity index (χ4n) is 3.90. The number of sulfonamides is 1. The van der Waals surface area contributed by atoms with Gasteiger partial charge in [0.2, 0.25) is 11.8 Å². The van der Waals surface area contributed by atoms with Crippen LogP contribution in [0.4, 0.5) is 5.69 Å². The molecule has 0 bridgehead atoms. The van der Waals surface area contributed by atoms with Crippen molar-refractivity contribution in [3.8, 4) is 0 Å². The third-order valence-corrected chi connectivity index (χ3v) is 9.53. The zero-order valence-electron chi connectivity index (χ0n) is 22.7. The molecule has 1 N–H and O–H groups in total. The standard InChI is InChI=1S/C29H32BrCl2N3O4S/c1-5-20(3)33-29(37)21(4)34(17-25-26(31)10-7-11-27(25)32)28(36)18-35(23-9-6-8-22(30)16-23)40(38,39)24-14-12-19(2)13-15-24/h6-16,20-21H,5,17-18H2,1-4H3,(H,33,37)/t20-,21+/m1/s1. The second-order valence-corrected chi connectivity index (χ2v) is 13.1. The first kappa shape index (κ1) is 31.9. The number of anilines is 1. The SMILES string of the molecule is CC[C@@H](C)NC(=O)[C@H](C)N(Cc1c(Cl)cccc1Cl)C(=O)CN(c1cccc(Br)c1)S(=O)(=O)c1ccc(C)cc1. The van der Waals surface area contributed by atoms with E-state index in [0.29, 0.717) is 26.5 Å². The largest absolute Gasteiger partial charge is 0.352 e. The van der Waals surface area contributed by atoms with Gasteiger partial charge in [0, 0.05) is 32.7 Å². The fraction of sp³-hybridized carbons (Fsp3) is 0.310. The van der Waals surface area contributed by atoms with Gasteiger partial charge in [-0.25, -0.2) is 8.42 Å². The molecule has 2 amide bonds. The summed E-state index contributed by atoms with van der Waals surface area (Å²) in [5.41, 5.74) is 1.64. The average Bonchev–Trinajstić information content (AvgIpc) is 2.91. The smallest absolute Gasteiger partial charge is 0.264 e. The molecule has 0 saturated heterocycles. The maximum atomic E-state index is 14.0. The highest BCUT2D eigenvalue weighted by Crippen LogP contribution is 2.29. The van der Waals surface area contributed by atoms with Gasteiger partial charge in [0.15, 0.2) is 0 Å². The number of amides is 2. The highest BCUT2D eigenvalue weighted by atomic mass is 79.9. The van der Waals surface area contributed by atoms with Crippen LogP contribution in [0, 0.1) is 6.92 Å². The summed E-state index contributed by atoms with van der Waals surface area (Å²) < 4.78 is 29.5. The van der Waals surface area contributed by atoms with E-state index in [0.717, 1.165) is 9.87 Å². The van der Waals surface area contributed by atoms with Gasteiger partial charge in [0.1, 0.15) is 12.6 Å². The van der Waals surface area contributed by atoms with Gasteiger partial charge < -0.3 is 10.2 Å². The molecule has 0 spiro atoms. The van der Waals surface area contributed by atoms with Crippen molar-refractivity contribution < 1.29 is 18.0 Å². The number of nitrogens with one attached hydrogen (secondary N) is 1. The van der Waals surface area contributed by atoms with Crippen molar-refractivity contribution in [1.82, 2.24) is 10.2 Å². The molecule has 0 saturated carbocycles. The highest BCUT2D eigenvalue weighted by molar-refractivity contribution is 9.10. The van der Waals surface area contributed by atoms with Gasteiger partial charge in [0.25, 0.3) is 10.0 Å². The Balaban J connectivity index is 2.07. The summed E-state index contributed by atoms with van der Waals surface area (Å²) in [6.07, 6.45) is 0.703. The summed E-state index contributed by atoms with van der Waals surface area (Å²) in [6, 6.07) is 17.0. The van der Waals surface area contributed by atoms with E-state index < -0.39 is 28.5 Å². The minimum atomic E-state index is -4.16. The van der Waals surface area contributed by atoms with Gasteiger partial charge >= 0.3 is 0 Å². The molecule has 0 radical (unpaired) electrons. The van der Waals surface area contributed by atoms with Gasteiger partial charge in [-0.2, -0.15) is 0 Å². The van der Waals surface area contributed by atoms with Gasteiger partial charge in [-0.05, 0) is 69.7 Å². The van der Waals surface area contributed by atoms with Crippen molar-refractivity contribution in [2.75, 3.05) is 10.8 Å². The number of carbonyl (C=O) groups excluding carboxylic acids is 2. The number of hydrogen-bond donors (Lipinski definition) is 1. The van der Waals surface area contributed by atoms with Crippen LogP contribution in [0.15, 0.2) is 76.1 Å². The lowest BCUT2D eigenvalue weighted by atomic mass is 10.1. The molecule has 40 heavy (non-hydrogen) atoms. The second kappa shape index (κ2) is 13.9. The lowest BCUT2D eigenvalue weighted by Crippen LogP contribution is -2.52. The third kappa shape index (κ3) is 7.78. The first-order valence-electron chi connectivity index (χ1n) is 12.7. The maximum absolute atomic E-state index is 14.0. The molecule has 3 aromatic rings. The lowest BCUT2D eigenvalue weighted by Gasteiger charge is -2.33. The number of benzene rings is 3. The molecule has 0 unspecified atom stereocenters. The Morgan fingerprint density at radius 2 is 1.57 bits per heavy atom. The molecule has 11 heteroatoms. The van der Waals surface area contributed by atoms with E-state index in [-0.39, 0.29) is 29.1 Å². The normalized spacial score (nSPS) is 12.9. The van der Waals surface area contributed by atoms with E-state index in [4.69, 9.17) is 23.2 Å². The molecule has 0 aliphatic rings. The van der Waals surface area contributed by atoms with Crippen molar-refractivity contribution >= 4 is 66.7 Å². The molecule has 3 aromatic carbocycles. The van der Waals surface area contributed by atoms with Crippen LogP contribution in [-0.4, -0.2) is 43.8 Å². The summed E-state index contributed by atoms with van der Waals surface area (Å²) in [5, 5.41) is 3.56. The quantitative estimate of drug-likeness (QED) is 0.250. The van der Waals surface area contributed by atoms with E-state index in [2.05, 4.69) is 21.2 Å². The Morgan fingerprint density at radius 1 is 0.975 bits per heavy atom. The summed E-state index contributed by atoms with van der Waals surface area (Å²) in [7, 11) is -4.16. The van der Waals surface area contributed by atoms with E-state index in [1.54, 1.807) is 61.5 Å². The van der Waals surface area contributed by atoms with Crippen LogP contribution >= 0.6 is 39.1 Å². The fourth-order valence-corrected chi connectivity index (χ4v) is 6.21. The van der Waals surface area contributed by atoms with Crippen LogP contribution in [0.3, 0.4) is 0 Å². The first-order chi connectivity index (χ1) is 18.8. The predicted octanol–water partition coefficient (Wildman–Crippen LogP) is 6.59. The Hall–Kier alpha value is -2.59. The molecular formula is C29H32BrCl2N3O4S. The molecular weight excluding hydrogens is 637 g/mol. The van der Waals surface area contributed by atoms with Crippen LogP contribution in [0.1, 0.15) is 38.3 Å². The van der Waals surface area contributed by atoms with E-state index in [9.17, 15) is 18.0 Å². The van der Waals surface area contributed by atoms with Crippen LogP contribution in [0.2, 0.25) is 10.0 Å². The Morgan fingerprint density at radius 3 is 2.15 bits per heavy atom. The van der Waals surface area contributed by atoms with Gasteiger partial charge in [-0.1, -0.05) is 75.9 Å². The highest BCUT2D eigenvalue weighted by Gasteiger charge is 2.33. The predicted molar refractivity (Wildman–Crippen MR) is 164 cm³/mol. The molecule has 0 aliphatic heterocycles. The summed E-state index contributed by atoms with van der Waals surface area (Å²) in [6.45, 7) is 6.60. The number of halogens is 3. The van der Waals surface area contributed by atoms with Crippen molar-refractivity contribution in [3.05, 3.63) is 92.4 Å². The number of nitrogens with zero attached hydrogens (tertiary/aromatic N) is 2. The van der Waals surface area contributed by atoms with Crippen molar-refractivity contribution in [2.24, 2.45) is 0 Å². The van der Waals surface area contributed by atoms with Crippen LogP contribution in [0.5, 0.6) is 0 Å². The molecule has 2 atom stereocenters. The van der Waals surface area contributed by atoms with Crippen molar-refractivity contribution in [3.63, 3.8) is 0 Å². The molecule has 3 rings (SSSR count). The molecule has 0 aromatic heterocycles. The number of aryl methyl sites for hydroxylation is 1. The monoisotopic (exact) mass is 667 g/mol. The Labute approximate surface area is 254 Å². The zero-order chi connectivity index (χ0) is 29.6. The minimum absolute atomic E-state index is 0.0362. The Kier molecular flexibility index (Phi) is 11.1. The number of hydrogen-bond acceptors (Lipinski definition) is 4. The second-order valence-electron chi connectivity index (χ2n) is 9.52. The molecule has 0 aliphatic carbocycles. The first-order valence-corrected chi connectivity index (χ1v) is 15.7. The summed E-state index contributed by atoms with van der Waals surface area (Å²) in [4.78, 5) is 28.5. The summed E-state index contributed by atoms with van der Waals surface area (Å²) >= 11 is 16.2. The average molecular weight is 669 g/mol. The van der Waals surface area contributed by atoms with Gasteiger partial charge in [0.05, 0.1) is 10.6 Å². The van der Waals surface area contributed by atoms with E-state index >= 15 is 0 Å². The van der Waals surface area contributed by atoms with E-state index in [1.807, 2.05) is 20.8 Å². The molecule has 0 heterocycles. The topological polar surface area (TPSA) is 86.8 Å². The van der Waals surface area contributed by atoms with Gasteiger partial charge in [-0.15, -0.1) is 0 Å². The molecule has 0 fully saturated rings. The van der Waals surface area contributed by atoms with E-state index in [1.165, 1.54) is 17.0 Å².